The number of aromatic amines is 1. The fourth-order valence-corrected chi connectivity index (χ4v) is 3.47. The Bertz CT molecular complexity index is 1220. The highest BCUT2D eigenvalue weighted by Gasteiger charge is 2.18. The molecule has 0 aliphatic heterocycles. The van der Waals surface area contributed by atoms with Crippen molar-refractivity contribution in [3.8, 4) is 28.5 Å². The molecule has 0 bridgehead atoms. The molecule has 4 aromatic rings. The third-order valence-electron chi connectivity index (χ3n) is 4.95. The van der Waals surface area contributed by atoms with Crippen molar-refractivity contribution < 1.29 is 23.4 Å². The fourth-order valence-electron chi connectivity index (χ4n) is 3.47. The molecule has 0 aliphatic carbocycles. The second kappa shape index (κ2) is 7.91. The van der Waals surface area contributed by atoms with E-state index in [9.17, 15) is 9.18 Å². The van der Waals surface area contributed by atoms with Gasteiger partial charge in [-0.1, -0.05) is 18.2 Å². The minimum atomic E-state index is -0.292. The summed E-state index contributed by atoms with van der Waals surface area (Å²) in [5.74, 6) is 0.774. The number of H-pyrrole nitrogens is 1. The van der Waals surface area contributed by atoms with Gasteiger partial charge in [0.2, 0.25) is 5.75 Å². The first-order valence-electron chi connectivity index (χ1n) is 9.27. The van der Waals surface area contributed by atoms with Crippen LogP contribution in [0.4, 0.5) is 4.39 Å². The van der Waals surface area contributed by atoms with Crippen LogP contribution in [-0.4, -0.2) is 32.1 Å². The van der Waals surface area contributed by atoms with E-state index >= 15 is 0 Å². The maximum atomic E-state index is 13.5. The Morgan fingerprint density at radius 3 is 2.23 bits per heavy atom. The van der Waals surface area contributed by atoms with Gasteiger partial charge in [0.25, 0.3) is 0 Å². The molecule has 0 radical (unpaired) electrons. The van der Waals surface area contributed by atoms with Crippen LogP contribution in [0.25, 0.3) is 22.2 Å². The Hall–Kier alpha value is -3.80. The zero-order valence-electron chi connectivity index (χ0n) is 16.8. The number of carbonyl (C=O) groups excluding carboxylic acids is 1. The van der Waals surface area contributed by atoms with Gasteiger partial charge in [0.05, 0.1) is 21.3 Å². The van der Waals surface area contributed by atoms with E-state index in [1.54, 1.807) is 30.3 Å². The smallest absolute Gasteiger partial charge is 0.203 e. The Kier molecular flexibility index (Phi) is 5.14. The zero-order chi connectivity index (χ0) is 21.3. The third kappa shape index (κ3) is 3.48. The molecule has 0 saturated heterocycles. The fraction of sp³-hybridized carbons (Fsp3) is 0.125. The van der Waals surface area contributed by atoms with E-state index in [-0.39, 0.29) is 11.6 Å². The molecule has 4 rings (SSSR count). The minimum Gasteiger partial charge on any atom is -0.493 e. The van der Waals surface area contributed by atoms with Crippen LogP contribution in [0.2, 0.25) is 0 Å². The molecule has 30 heavy (non-hydrogen) atoms. The molecule has 1 heterocycles. The molecule has 0 fully saturated rings. The predicted molar refractivity (Wildman–Crippen MR) is 113 cm³/mol. The van der Waals surface area contributed by atoms with Crippen molar-refractivity contribution in [3.05, 3.63) is 77.6 Å². The molecule has 5 nitrogen and oxygen atoms in total. The summed E-state index contributed by atoms with van der Waals surface area (Å²) >= 11 is 0. The van der Waals surface area contributed by atoms with Crippen LogP contribution in [0.5, 0.6) is 17.2 Å². The summed E-state index contributed by atoms with van der Waals surface area (Å²) in [5.41, 5.74) is 3.37. The number of ether oxygens (including phenoxy) is 3. The average molecular weight is 405 g/mol. The Balaban J connectivity index is 1.74. The van der Waals surface area contributed by atoms with E-state index in [2.05, 4.69) is 4.98 Å². The molecular formula is C24H20FNO4. The van der Waals surface area contributed by atoms with Crippen LogP contribution < -0.4 is 14.2 Å². The molecule has 0 amide bonds. The molecule has 0 unspecified atom stereocenters. The van der Waals surface area contributed by atoms with Gasteiger partial charge < -0.3 is 19.2 Å². The summed E-state index contributed by atoms with van der Waals surface area (Å²) in [6, 6.07) is 16.9. The Morgan fingerprint density at radius 2 is 1.57 bits per heavy atom. The highest BCUT2D eigenvalue weighted by atomic mass is 19.1. The number of nitrogens with one attached hydrogen (secondary N) is 1. The van der Waals surface area contributed by atoms with Gasteiger partial charge in [-0.3, -0.25) is 4.79 Å². The van der Waals surface area contributed by atoms with Gasteiger partial charge in [-0.05, 0) is 48.0 Å². The SMILES string of the molecule is COc1cc(C(=O)c2cccc(-c3cc4cc(F)ccc4[nH]3)c2)cc(OC)c1OC. The second-order valence-electron chi connectivity index (χ2n) is 6.74. The molecule has 0 atom stereocenters. The lowest BCUT2D eigenvalue weighted by atomic mass is 9.99. The number of hydrogen-bond donors (Lipinski definition) is 1. The molecular weight excluding hydrogens is 385 g/mol. The standard InChI is InChI=1S/C24H20FNO4/c1-28-21-12-17(13-22(29-2)24(21)30-3)23(27)15-6-4-5-14(9-15)20-11-16-10-18(25)7-8-19(16)26-20/h4-13,26H,1-3H3. The molecule has 6 heteroatoms. The van der Waals surface area contributed by atoms with Crippen molar-refractivity contribution >= 4 is 16.7 Å². The van der Waals surface area contributed by atoms with Crippen LogP contribution in [0, 0.1) is 5.82 Å². The number of methoxy groups -OCH3 is 3. The molecule has 152 valence electrons. The maximum absolute atomic E-state index is 13.5. The minimum absolute atomic E-state index is 0.182. The van der Waals surface area contributed by atoms with Crippen molar-refractivity contribution in [2.45, 2.75) is 0 Å². The van der Waals surface area contributed by atoms with Gasteiger partial charge in [-0.25, -0.2) is 4.39 Å². The number of rotatable bonds is 6. The summed E-state index contributed by atoms with van der Waals surface area (Å²) in [5, 5.41) is 0.770. The third-order valence-corrected chi connectivity index (χ3v) is 4.95. The van der Waals surface area contributed by atoms with Gasteiger partial charge in [-0.15, -0.1) is 0 Å². The maximum Gasteiger partial charge on any atom is 0.203 e. The molecule has 0 saturated carbocycles. The quantitative estimate of drug-likeness (QED) is 0.446. The van der Waals surface area contributed by atoms with Crippen molar-refractivity contribution in [1.82, 2.24) is 4.98 Å². The van der Waals surface area contributed by atoms with Crippen LogP contribution in [0.1, 0.15) is 15.9 Å². The predicted octanol–water partition coefficient (Wildman–Crippen LogP) is 5.23. The largest absolute Gasteiger partial charge is 0.493 e. The number of aromatic nitrogens is 1. The van der Waals surface area contributed by atoms with E-state index in [4.69, 9.17) is 14.2 Å². The first kappa shape index (κ1) is 19.5. The number of fused-ring (bicyclic) bond motifs is 1. The lowest BCUT2D eigenvalue weighted by Gasteiger charge is -2.14. The van der Waals surface area contributed by atoms with Crippen molar-refractivity contribution in [2.24, 2.45) is 0 Å². The summed E-state index contributed by atoms with van der Waals surface area (Å²) in [7, 11) is 4.52. The molecule has 3 aromatic carbocycles. The lowest BCUT2D eigenvalue weighted by molar-refractivity contribution is 0.103. The van der Waals surface area contributed by atoms with E-state index in [0.29, 0.717) is 28.4 Å². The monoisotopic (exact) mass is 405 g/mol. The first-order chi connectivity index (χ1) is 14.5. The molecule has 0 spiro atoms. The first-order valence-corrected chi connectivity index (χ1v) is 9.27. The van der Waals surface area contributed by atoms with Crippen molar-refractivity contribution in [2.75, 3.05) is 21.3 Å². The van der Waals surface area contributed by atoms with Crippen molar-refractivity contribution in [3.63, 3.8) is 0 Å². The van der Waals surface area contributed by atoms with E-state index in [1.807, 2.05) is 18.2 Å². The van der Waals surface area contributed by atoms with E-state index < -0.39 is 0 Å². The topological polar surface area (TPSA) is 60.6 Å². The van der Waals surface area contributed by atoms with Gasteiger partial charge in [-0.2, -0.15) is 0 Å². The zero-order valence-corrected chi connectivity index (χ0v) is 16.8. The van der Waals surface area contributed by atoms with E-state index in [1.165, 1.54) is 33.5 Å². The number of carbonyl (C=O) groups is 1. The molecule has 1 aromatic heterocycles. The number of ketones is 1. The van der Waals surface area contributed by atoms with Crippen molar-refractivity contribution in [1.29, 1.82) is 0 Å². The number of benzene rings is 3. The molecule has 0 aliphatic rings. The summed E-state index contributed by atoms with van der Waals surface area (Å²) in [4.78, 5) is 16.4. The van der Waals surface area contributed by atoms with Gasteiger partial charge in [0, 0.05) is 27.7 Å². The summed E-state index contributed by atoms with van der Waals surface area (Å²) in [6.07, 6.45) is 0. The highest BCUT2D eigenvalue weighted by Crippen LogP contribution is 2.39. The summed E-state index contributed by atoms with van der Waals surface area (Å²) < 4.78 is 29.5. The van der Waals surface area contributed by atoms with Gasteiger partial charge in [0.15, 0.2) is 17.3 Å². The Labute approximate surface area is 173 Å². The Morgan fingerprint density at radius 1 is 0.833 bits per heavy atom. The van der Waals surface area contributed by atoms with Gasteiger partial charge >= 0.3 is 0 Å². The average Bonchev–Trinajstić information content (AvgIpc) is 3.20. The highest BCUT2D eigenvalue weighted by molar-refractivity contribution is 6.10. The number of halogens is 1. The van der Waals surface area contributed by atoms with E-state index in [0.717, 1.165) is 22.2 Å². The van der Waals surface area contributed by atoms with Crippen LogP contribution in [-0.2, 0) is 0 Å². The van der Waals surface area contributed by atoms with Crippen LogP contribution in [0.15, 0.2) is 60.7 Å². The summed E-state index contributed by atoms with van der Waals surface area (Å²) in [6.45, 7) is 0. The van der Waals surface area contributed by atoms with Crippen LogP contribution in [0.3, 0.4) is 0 Å². The van der Waals surface area contributed by atoms with Gasteiger partial charge in [0.1, 0.15) is 5.82 Å². The molecule has 1 N–H and O–H groups in total. The number of hydrogen-bond acceptors (Lipinski definition) is 4. The lowest BCUT2D eigenvalue weighted by Crippen LogP contribution is -2.04. The van der Waals surface area contributed by atoms with Crippen LogP contribution >= 0.6 is 0 Å². The normalized spacial score (nSPS) is 10.8. The second-order valence-corrected chi connectivity index (χ2v) is 6.74.